The van der Waals surface area contributed by atoms with Gasteiger partial charge in [-0.1, -0.05) is 34.1 Å². The third-order valence-electron chi connectivity index (χ3n) is 4.30. The molecule has 0 amide bonds. The van der Waals surface area contributed by atoms with E-state index in [0.717, 1.165) is 29.8 Å². The summed E-state index contributed by atoms with van der Waals surface area (Å²) in [6.07, 6.45) is 2.27. The fourth-order valence-electron chi connectivity index (χ4n) is 2.62. The zero-order valence-corrected chi connectivity index (χ0v) is 20.0. The molecule has 0 saturated heterocycles. The van der Waals surface area contributed by atoms with Crippen molar-refractivity contribution in [2.45, 2.75) is 32.1 Å². The second-order valence-corrected chi connectivity index (χ2v) is 9.13. The molecule has 2 rings (SSSR count). The minimum Gasteiger partial charge on any atom is -0.357 e. The number of hydrogen-bond donors (Lipinski definition) is 3. The van der Waals surface area contributed by atoms with Crippen molar-refractivity contribution in [1.29, 1.82) is 0 Å². The van der Waals surface area contributed by atoms with Gasteiger partial charge in [0.2, 0.25) is 10.0 Å². The molecule has 0 spiro atoms. The number of rotatable bonds is 9. The summed E-state index contributed by atoms with van der Waals surface area (Å²) in [7, 11) is -3.15. The van der Waals surface area contributed by atoms with Gasteiger partial charge in [-0.15, -0.1) is 24.0 Å². The topological polar surface area (TPSA) is 82.6 Å². The molecule has 1 aliphatic rings. The molecule has 0 atom stereocenters. The summed E-state index contributed by atoms with van der Waals surface area (Å²) in [6.45, 7) is 5.94. The lowest BCUT2D eigenvalue weighted by Crippen LogP contribution is -2.42. The summed E-state index contributed by atoms with van der Waals surface area (Å²) < 4.78 is 26.5. The van der Waals surface area contributed by atoms with E-state index in [9.17, 15) is 8.42 Å². The van der Waals surface area contributed by atoms with Crippen LogP contribution in [0.5, 0.6) is 0 Å². The van der Waals surface area contributed by atoms with Crippen LogP contribution in [0, 0.1) is 0 Å². The van der Waals surface area contributed by atoms with Crippen molar-refractivity contribution < 1.29 is 8.42 Å². The Kier molecular flexibility index (Phi) is 9.84. The van der Waals surface area contributed by atoms with Crippen molar-refractivity contribution in [1.82, 2.24) is 15.4 Å². The first-order valence-corrected chi connectivity index (χ1v) is 11.1. The van der Waals surface area contributed by atoms with Gasteiger partial charge in [0.15, 0.2) is 5.96 Å². The maximum atomic E-state index is 11.4. The Labute approximate surface area is 182 Å². The van der Waals surface area contributed by atoms with Crippen LogP contribution in [0.25, 0.3) is 0 Å². The number of guanidine groups is 1. The quantitative estimate of drug-likeness (QED) is 0.188. The normalized spacial score (nSPS) is 15.9. The number of aliphatic imine (C=N–C) groups is 1. The van der Waals surface area contributed by atoms with Crippen LogP contribution >= 0.6 is 39.9 Å². The maximum Gasteiger partial charge on any atom is 0.211 e. The van der Waals surface area contributed by atoms with E-state index >= 15 is 0 Å². The van der Waals surface area contributed by atoms with Gasteiger partial charge in [-0.05, 0) is 38.3 Å². The van der Waals surface area contributed by atoms with Crippen LogP contribution in [0.4, 0.5) is 0 Å². The molecule has 3 N–H and O–H groups in total. The maximum absolute atomic E-state index is 11.4. The third kappa shape index (κ3) is 6.97. The molecule has 148 valence electrons. The number of benzene rings is 1. The molecule has 6 nitrogen and oxygen atoms in total. The molecule has 1 saturated carbocycles. The zero-order chi connectivity index (χ0) is 18.3. The average molecular weight is 559 g/mol. The molecule has 9 heteroatoms. The minimum absolute atomic E-state index is 0. The molecule has 0 bridgehead atoms. The zero-order valence-electron chi connectivity index (χ0n) is 15.2. The molecule has 1 aromatic carbocycles. The molecule has 26 heavy (non-hydrogen) atoms. The van der Waals surface area contributed by atoms with Gasteiger partial charge in [-0.3, -0.25) is 4.99 Å². The summed E-state index contributed by atoms with van der Waals surface area (Å²) in [4.78, 5) is 4.72. The molecular weight excluding hydrogens is 531 g/mol. The third-order valence-corrected chi connectivity index (χ3v) is 6.40. The van der Waals surface area contributed by atoms with E-state index < -0.39 is 10.0 Å². The van der Waals surface area contributed by atoms with Crippen molar-refractivity contribution in [2.24, 2.45) is 4.99 Å². The Morgan fingerprint density at radius 2 is 1.88 bits per heavy atom. The number of sulfonamides is 1. The van der Waals surface area contributed by atoms with E-state index in [4.69, 9.17) is 4.99 Å². The fraction of sp³-hybridized carbons (Fsp3) is 0.588. The van der Waals surface area contributed by atoms with Gasteiger partial charge in [0, 0.05) is 29.5 Å². The van der Waals surface area contributed by atoms with Crippen molar-refractivity contribution in [2.75, 3.05) is 31.9 Å². The standard InChI is InChI=1S/C17H27BrN4O2S.HI/c1-3-19-16(20-11-12-22-25(23,24)4-2)21-13-17(9-10-17)14-7-5-6-8-15(14)18;/h5-8,22H,3-4,9-13H2,1-2H3,(H2,19,20,21);1H. The van der Waals surface area contributed by atoms with E-state index in [-0.39, 0.29) is 35.1 Å². The predicted octanol–water partition coefficient (Wildman–Crippen LogP) is 2.59. The fourth-order valence-corrected chi connectivity index (χ4v) is 3.94. The molecule has 0 aromatic heterocycles. The molecule has 0 heterocycles. The van der Waals surface area contributed by atoms with E-state index in [1.54, 1.807) is 6.92 Å². The van der Waals surface area contributed by atoms with Gasteiger partial charge in [0.05, 0.1) is 12.3 Å². The second kappa shape index (κ2) is 10.8. The van der Waals surface area contributed by atoms with Crippen molar-refractivity contribution in [3.05, 3.63) is 34.3 Å². The van der Waals surface area contributed by atoms with E-state index in [1.807, 2.05) is 13.0 Å². The largest absolute Gasteiger partial charge is 0.357 e. The van der Waals surface area contributed by atoms with Gasteiger partial charge < -0.3 is 10.6 Å². The van der Waals surface area contributed by atoms with Gasteiger partial charge in [-0.2, -0.15) is 0 Å². The monoisotopic (exact) mass is 558 g/mol. The first-order chi connectivity index (χ1) is 11.9. The predicted molar refractivity (Wildman–Crippen MR) is 122 cm³/mol. The summed E-state index contributed by atoms with van der Waals surface area (Å²) in [6, 6.07) is 8.32. The molecule has 1 aromatic rings. The highest BCUT2D eigenvalue weighted by molar-refractivity contribution is 14.0. The van der Waals surface area contributed by atoms with E-state index in [0.29, 0.717) is 19.6 Å². The van der Waals surface area contributed by atoms with Gasteiger partial charge in [0.1, 0.15) is 0 Å². The second-order valence-electron chi connectivity index (χ2n) is 6.18. The Hall–Kier alpha value is -0.390. The van der Waals surface area contributed by atoms with Crippen LogP contribution in [-0.4, -0.2) is 46.3 Å². The number of nitrogens with zero attached hydrogens (tertiary/aromatic N) is 1. The highest BCUT2D eigenvalue weighted by Crippen LogP contribution is 2.50. The molecule has 0 radical (unpaired) electrons. The Balaban J connectivity index is 0.00000338. The highest BCUT2D eigenvalue weighted by atomic mass is 127. The SMILES string of the molecule is CCNC(=NCC1(c2ccccc2Br)CC1)NCCNS(=O)(=O)CC.I. The number of halogens is 2. The van der Waals surface area contributed by atoms with Gasteiger partial charge in [-0.25, -0.2) is 13.1 Å². The molecule has 1 aliphatic carbocycles. The first-order valence-electron chi connectivity index (χ1n) is 8.67. The molecule has 0 unspecified atom stereocenters. The summed E-state index contributed by atoms with van der Waals surface area (Å²) >= 11 is 3.64. The summed E-state index contributed by atoms with van der Waals surface area (Å²) in [5.74, 6) is 0.812. The molecule has 1 fully saturated rings. The smallest absolute Gasteiger partial charge is 0.211 e. The van der Waals surface area contributed by atoms with E-state index in [1.165, 1.54) is 5.56 Å². The Morgan fingerprint density at radius 1 is 1.19 bits per heavy atom. The Morgan fingerprint density at radius 3 is 2.46 bits per heavy atom. The van der Waals surface area contributed by atoms with Crippen molar-refractivity contribution >= 4 is 55.9 Å². The number of hydrogen-bond acceptors (Lipinski definition) is 3. The van der Waals surface area contributed by atoms with E-state index in [2.05, 4.69) is 49.5 Å². The average Bonchev–Trinajstić information content (AvgIpc) is 3.38. The summed E-state index contributed by atoms with van der Waals surface area (Å²) in [5, 5.41) is 6.39. The highest BCUT2D eigenvalue weighted by Gasteiger charge is 2.45. The first kappa shape index (κ1) is 23.6. The molecule has 0 aliphatic heterocycles. The molecular formula is C17H28BrIN4O2S. The van der Waals surface area contributed by atoms with Crippen LogP contribution in [0.3, 0.4) is 0 Å². The van der Waals surface area contributed by atoms with Crippen LogP contribution < -0.4 is 15.4 Å². The van der Waals surface area contributed by atoms with Crippen LogP contribution in [0.2, 0.25) is 0 Å². The van der Waals surface area contributed by atoms with Crippen LogP contribution in [0.15, 0.2) is 33.7 Å². The number of nitrogens with one attached hydrogen (secondary N) is 3. The minimum atomic E-state index is -3.15. The lowest BCUT2D eigenvalue weighted by Gasteiger charge is -2.17. The van der Waals surface area contributed by atoms with Gasteiger partial charge >= 0.3 is 0 Å². The van der Waals surface area contributed by atoms with Crippen LogP contribution in [-0.2, 0) is 15.4 Å². The Bertz CT molecular complexity index is 708. The summed E-state index contributed by atoms with van der Waals surface area (Å²) in [5.41, 5.74) is 1.43. The van der Waals surface area contributed by atoms with Crippen LogP contribution in [0.1, 0.15) is 32.3 Å². The lowest BCUT2D eigenvalue weighted by atomic mass is 9.96. The van der Waals surface area contributed by atoms with Crippen molar-refractivity contribution in [3.8, 4) is 0 Å². The van der Waals surface area contributed by atoms with Crippen molar-refractivity contribution in [3.63, 3.8) is 0 Å². The lowest BCUT2D eigenvalue weighted by molar-refractivity contribution is 0.581. The van der Waals surface area contributed by atoms with Gasteiger partial charge in [0.25, 0.3) is 0 Å².